The average molecular weight is 498 g/mol. The van der Waals surface area contributed by atoms with E-state index < -0.39 is 11.2 Å². The van der Waals surface area contributed by atoms with Crippen LogP contribution in [-0.4, -0.2) is 29.6 Å². The van der Waals surface area contributed by atoms with E-state index in [-0.39, 0.29) is 24.0 Å². The number of hydrogen-bond donors (Lipinski definition) is 3. The van der Waals surface area contributed by atoms with Gasteiger partial charge in [-0.3, -0.25) is 9.59 Å². The summed E-state index contributed by atoms with van der Waals surface area (Å²) in [7, 11) is 0. The third kappa shape index (κ3) is 6.18. The van der Waals surface area contributed by atoms with Crippen molar-refractivity contribution in [2.45, 2.75) is 37.3 Å². The SMILES string of the molecule is CCOC(=O)c1c(NC(=O)C(CC)Sc2cccc(N)c2)sc(C(=O)Nc2ccccc2)c1C. The van der Waals surface area contributed by atoms with Gasteiger partial charge in [-0.05, 0) is 56.2 Å². The molecule has 1 heterocycles. The number of nitrogens with two attached hydrogens (primary N) is 1. The van der Waals surface area contributed by atoms with Crippen LogP contribution in [-0.2, 0) is 9.53 Å². The van der Waals surface area contributed by atoms with Crippen LogP contribution in [0.5, 0.6) is 0 Å². The van der Waals surface area contributed by atoms with Crippen LogP contribution >= 0.6 is 23.1 Å². The number of rotatable bonds is 9. The number of hydrogen-bond acceptors (Lipinski definition) is 7. The van der Waals surface area contributed by atoms with Gasteiger partial charge in [0.1, 0.15) is 5.00 Å². The van der Waals surface area contributed by atoms with Crippen LogP contribution < -0.4 is 16.4 Å². The normalized spacial score (nSPS) is 11.5. The fourth-order valence-corrected chi connectivity index (χ4v) is 5.36. The highest BCUT2D eigenvalue weighted by Gasteiger charge is 2.28. The van der Waals surface area contributed by atoms with Gasteiger partial charge < -0.3 is 21.1 Å². The Labute approximate surface area is 207 Å². The third-order valence-corrected chi connectivity index (χ3v) is 7.46. The molecular formula is C25H27N3O4S2. The van der Waals surface area contributed by atoms with Crippen LogP contribution in [0.2, 0.25) is 0 Å². The van der Waals surface area contributed by atoms with E-state index in [1.807, 2.05) is 43.3 Å². The summed E-state index contributed by atoms with van der Waals surface area (Å²) in [4.78, 5) is 40.0. The Morgan fingerprint density at radius 1 is 1.06 bits per heavy atom. The molecule has 0 bridgehead atoms. The molecule has 0 aliphatic carbocycles. The molecule has 0 aliphatic rings. The van der Waals surface area contributed by atoms with Gasteiger partial charge in [-0.15, -0.1) is 23.1 Å². The molecule has 1 unspecified atom stereocenters. The fraction of sp³-hybridized carbons (Fsp3) is 0.240. The largest absolute Gasteiger partial charge is 0.462 e. The molecule has 0 radical (unpaired) electrons. The molecule has 3 rings (SSSR count). The van der Waals surface area contributed by atoms with Crippen LogP contribution in [0.25, 0.3) is 0 Å². The number of amides is 2. The summed E-state index contributed by atoms with van der Waals surface area (Å²) in [5, 5.41) is 5.57. The van der Waals surface area contributed by atoms with Gasteiger partial charge in [0.05, 0.1) is 22.3 Å². The monoisotopic (exact) mass is 497 g/mol. The smallest absolute Gasteiger partial charge is 0.341 e. The first-order valence-electron chi connectivity index (χ1n) is 10.8. The summed E-state index contributed by atoms with van der Waals surface area (Å²) < 4.78 is 5.20. The van der Waals surface area contributed by atoms with Gasteiger partial charge in [-0.1, -0.05) is 31.2 Å². The van der Waals surface area contributed by atoms with Crippen LogP contribution in [0.15, 0.2) is 59.5 Å². The Morgan fingerprint density at radius 3 is 2.44 bits per heavy atom. The molecular weight excluding hydrogens is 470 g/mol. The average Bonchev–Trinajstić information content (AvgIpc) is 3.14. The molecule has 0 aliphatic heterocycles. The first-order chi connectivity index (χ1) is 16.3. The van der Waals surface area contributed by atoms with Crippen molar-refractivity contribution in [3.8, 4) is 0 Å². The van der Waals surface area contributed by atoms with E-state index in [0.29, 0.717) is 33.2 Å². The predicted molar refractivity (Wildman–Crippen MR) is 139 cm³/mol. The molecule has 34 heavy (non-hydrogen) atoms. The lowest BCUT2D eigenvalue weighted by atomic mass is 10.1. The second-order valence-corrected chi connectivity index (χ2v) is 9.67. The molecule has 1 aromatic heterocycles. The Bertz CT molecular complexity index is 1180. The number of nitrogen functional groups attached to an aromatic ring is 1. The van der Waals surface area contributed by atoms with Crippen LogP contribution in [0.1, 0.15) is 45.9 Å². The Kier molecular flexibility index (Phi) is 8.72. The highest BCUT2D eigenvalue weighted by molar-refractivity contribution is 8.00. The summed E-state index contributed by atoms with van der Waals surface area (Å²) in [5.74, 6) is -1.21. The van der Waals surface area contributed by atoms with Crippen molar-refractivity contribution < 1.29 is 19.1 Å². The van der Waals surface area contributed by atoms with E-state index in [9.17, 15) is 14.4 Å². The number of thiophene rings is 1. The Balaban J connectivity index is 1.87. The van der Waals surface area contributed by atoms with Crippen molar-refractivity contribution in [3.63, 3.8) is 0 Å². The van der Waals surface area contributed by atoms with Gasteiger partial charge in [0, 0.05) is 16.3 Å². The standard InChI is InChI=1S/C25H27N3O4S2/c1-4-19(33-18-13-9-10-16(26)14-18)22(29)28-24-20(25(31)32-5-2)15(3)21(34-24)23(30)27-17-11-7-6-8-12-17/h6-14,19H,4-5,26H2,1-3H3,(H,27,30)(H,28,29). The number of ether oxygens (including phenoxy) is 1. The maximum Gasteiger partial charge on any atom is 0.341 e. The van der Waals surface area contributed by atoms with Crippen LogP contribution in [0, 0.1) is 6.92 Å². The fourth-order valence-electron chi connectivity index (χ4n) is 3.24. The quantitative estimate of drug-likeness (QED) is 0.202. The zero-order valence-electron chi connectivity index (χ0n) is 19.2. The van der Waals surface area contributed by atoms with Gasteiger partial charge in [0.15, 0.2) is 0 Å². The second kappa shape index (κ2) is 11.7. The summed E-state index contributed by atoms with van der Waals surface area (Å²) in [6.07, 6.45) is 0.561. The van der Waals surface area contributed by atoms with Crippen LogP contribution in [0.3, 0.4) is 0 Å². The predicted octanol–water partition coefficient (Wildman–Crippen LogP) is 5.58. The number of carbonyl (C=O) groups is 3. The number of carbonyl (C=O) groups excluding carboxylic acids is 3. The molecule has 1 atom stereocenters. The van der Waals surface area contributed by atoms with E-state index in [0.717, 1.165) is 16.2 Å². The molecule has 0 fully saturated rings. The molecule has 0 spiro atoms. The molecule has 3 aromatic rings. The van der Waals surface area contributed by atoms with E-state index in [4.69, 9.17) is 10.5 Å². The highest BCUT2D eigenvalue weighted by atomic mass is 32.2. The summed E-state index contributed by atoms with van der Waals surface area (Å²) in [5.41, 5.74) is 7.77. The third-order valence-electron chi connectivity index (χ3n) is 4.90. The highest BCUT2D eigenvalue weighted by Crippen LogP contribution is 2.36. The number of thioether (sulfide) groups is 1. The molecule has 7 nitrogen and oxygen atoms in total. The molecule has 0 saturated heterocycles. The summed E-state index contributed by atoms with van der Waals surface area (Å²) in [6.45, 7) is 5.47. The van der Waals surface area contributed by atoms with Gasteiger partial charge >= 0.3 is 5.97 Å². The number of nitrogens with one attached hydrogen (secondary N) is 2. The lowest BCUT2D eigenvalue weighted by Gasteiger charge is -2.15. The minimum atomic E-state index is -0.582. The zero-order valence-corrected chi connectivity index (χ0v) is 20.8. The Morgan fingerprint density at radius 2 is 1.79 bits per heavy atom. The minimum Gasteiger partial charge on any atom is -0.462 e. The lowest BCUT2D eigenvalue weighted by molar-refractivity contribution is -0.115. The summed E-state index contributed by atoms with van der Waals surface area (Å²) >= 11 is 2.45. The minimum absolute atomic E-state index is 0.177. The maximum absolute atomic E-state index is 13.1. The molecule has 9 heteroatoms. The Hall–Kier alpha value is -3.30. The first-order valence-corrected chi connectivity index (χ1v) is 12.5. The first kappa shape index (κ1) is 25.3. The maximum atomic E-state index is 13.1. The van der Waals surface area contributed by atoms with Gasteiger partial charge in [0.2, 0.25) is 5.91 Å². The molecule has 178 valence electrons. The zero-order chi connectivity index (χ0) is 24.7. The van der Waals surface area contributed by atoms with Crippen molar-refractivity contribution >= 4 is 57.3 Å². The summed E-state index contributed by atoms with van der Waals surface area (Å²) in [6, 6.07) is 16.3. The van der Waals surface area contributed by atoms with Gasteiger partial charge in [-0.2, -0.15) is 0 Å². The van der Waals surface area contributed by atoms with E-state index >= 15 is 0 Å². The topological polar surface area (TPSA) is 111 Å². The van der Waals surface area contributed by atoms with E-state index in [1.165, 1.54) is 11.8 Å². The number of benzene rings is 2. The van der Waals surface area contributed by atoms with Gasteiger partial charge in [-0.25, -0.2) is 4.79 Å². The lowest BCUT2D eigenvalue weighted by Crippen LogP contribution is -2.25. The van der Waals surface area contributed by atoms with E-state index in [1.54, 1.807) is 32.0 Å². The van der Waals surface area contributed by atoms with Crippen molar-refractivity contribution in [1.82, 2.24) is 0 Å². The van der Waals surface area contributed by atoms with Crippen LogP contribution in [0.4, 0.5) is 16.4 Å². The number of anilines is 3. The van der Waals surface area contributed by atoms with Crippen molar-refractivity contribution in [2.24, 2.45) is 0 Å². The van der Waals surface area contributed by atoms with Gasteiger partial charge in [0.25, 0.3) is 5.91 Å². The molecule has 2 amide bonds. The molecule has 2 aromatic carbocycles. The van der Waals surface area contributed by atoms with Crippen molar-refractivity contribution in [2.75, 3.05) is 23.0 Å². The van der Waals surface area contributed by atoms with Crippen molar-refractivity contribution in [1.29, 1.82) is 0 Å². The molecule has 4 N–H and O–H groups in total. The van der Waals surface area contributed by atoms with Crippen molar-refractivity contribution in [3.05, 3.63) is 70.6 Å². The number of esters is 1. The van der Waals surface area contributed by atoms with E-state index in [2.05, 4.69) is 10.6 Å². The second-order valence-electron chi connectivity index (χ2n) is 7.38. The number of para-hydroxylation sites is 1. The molecule has 0 saturated carbocycles.